The van der Waals surface area contributed by atoms with Crippen LogP contribution in [0, 0.1) is 5.82 Å². The van der Waals surface area contributed by atoms with Crippen molar-refractivity contribution in [3.63, 3.8) is 0 Å². The molecule has 0 heterocycles. The normalized spacial score (nSPS) is 11.4. The summed E-state index contributed by atoms with van der Waals surface area (Å²) in [6.07, 6.45) is 2.73. The zero-order valence-corrected chi connectivity index (χ0v) is 12.7. The van der Waals surface area contributed by atoms with Gasteiger partial charge in [0.25, 0.3) is 0 Å². The first kappa shape index (κ1) is 17.3. The predicted octanol–water partition coefficient (Wildman–Crippen LogP) is 0.932. The van der Waals surface area contributed by atoms with Crippen LogP contribution >= 0.6 is 0 Å². The Balaban J connectivity index is 2.69. The summed E-state index contributed by atoms with van der Waals surface area (Å²) >= 11 is 0. The summed E-state index contributed by atoms with van der Waals surface area (Å²) in [5, 5.41) is 2.51. The molecule has 116 valence electrons. The third-order valence-electron chi connectivity index (χ3n) is 2.82. The highest BCUT2D eigenvalue weighted by atomic mass is 32.2. The van der Waals surface area contributed by atoms with Gasteiger partial charge in [0.1, 0.15) is 5.82 Å². The van der Waals surface area contributed by atoms with Gasteiger partial charge in [-0.3, -0.25) is 4.79 Å². The minimum Gasteiger partial charge on any atom is -0.351 e. The van der Waals surface area contributed by atoms with Crippen molar-refractivity contribution in [2.75, 3.05) is 25.9 Å². The summed E-state index contributed by atoms with van der Waals surface area (Å²) in [4.78, 5) is 11.6. The Kier molecular flexibility index (Phi) is 6.51. The maximum atomic E-state index is 13.5. The van der Waals surface area contributed by atoms with Crippen LogP contribution in [-0.4, -0.2) is 44.5 Å². The van der Waals surface area contributed by atoms with Crippen LogP contribution in [0.4, 0.5) is 4.39 Å². The third-order valence-corrected chi connectivity index (χ3v) is 4.07. The van der Waals surface area contributed by atoms with Crippen molar-refractivity contribution in [1.29, 1.82) is 0 Å². The number of nitrogens with zero attached hydrogens (tertiary/aromatic N) is 1. The molecule has 7 heteroatoms. The van der Waals surface area contributed by atoms with Gasteiger partial charge in [0, 0.05) is 13.1 Å². The average molecular weight is 314 g/mol. The van der Waals surface area contributed by atoms with Gasteiger partial charge in [0.15, 0.2) is 0 Å². The molecule has 0 radical (unpaired) electrons. The van der Waals surface area contributed by atoms with E-state index in [2.05, 4.69) is 11.9 Å². The third kappa shape index (κ3) is 6.05. The van der Waals surface area contributed by atoms with E-state index in [0.29, 0.717) is 5.56 Å². The summed E-state index contributed by atoms with van der Waals surface area (Å²) in [7, 11) is -3.54. The first-order chi connectivity index (χ1) is 9.84. The Labute approximate surface area is 124 Å². The number of amides is 1. The molecule has 5 nitrogen and oxygen atoms in total. The highest BCUT2D eigenvalue weighted by Crippen LogP contribution is 2.09. The fourth-order valence-corrected chi connectivity index (χ4v) is 2.49. The zero-order chi connectivity index (χ0) is 15.9. The lowest BCUT2D eigenvalue weighted by atomic mass is 10.1. The summed E-state index contributed by atoms with van der Waals surface area (Å²) < 4.78 is 37.9. The maximum absolute atomic E-state index is 13.5. The molecule has 0 saturated heterocycles. The van der Waals surface area contributed by atoms with Gasteiger partial charge in [-0.2, -0.15) is 4.31 Å². The van der Waals surface area contributed by atoms with E-state index in [1.165, 1.54) is 12.1 Å². The topological polar surface area (TPSA) is 66.5 Å². The molecule has 0 aromatic heterocycles. The smallest absolute Gasteiger partial charge is 0.235 e. The van der Waals surface area contributed by atoms with Crippen LogP contribution in [0.15, 0.2) is 36.9 Å². The highest BCUT2D eigenvalue weighted by molar-refractivity contribution is 7.88. The van der Waals surface area contributed by atoms with Gasteiger partial charge in [-0.15, -0.1) is 6.58 Å². The van der Waals surface area contributed by atoms with E-state index in [1.807, 2.05) is 0 Å². The van der Waals surface area contributed by atoms with Crippen LogP contribution in [0.1, 0.15) is 5.56 Å². The first-order valence-electron chi connectivity index (χ1n) is 6.40. The Bertz CT molecular complexity index is 602. The summed E-state index contributed by atoms with van der Waals surface area (Å²) in [5.41, 5.74) is 0.414. The van der Waals surface area contributed by atoms with Gasteiger partial charge < -0.3 is 5.32 Å². The minimum atomic E-state index is -3.54. The number of sulfonamides is 1. The minimum absolute atomic E-state index is 0.0429. The Morgan fingerprint density at radius 3 is 2.67 bits per heavy atom. The van der Waals surface area contributed by atoms with Gasteiger partial charge >= 0.3 is 0 Å². The molecule has 1 amide bonds. The number of nitrogens with one attached hydrogen (secondary N) is 1. The van der Waals surface area contributed by atoms with Crippen molar-refractivity contribution in [1.82, 2.24) is 9.62 Å². The fraction of sp³-hybridized carbons (Fsp3) is 0.357. The highest BCUT2D eigenvalue weighted by Gasteiger charge is 2.20. The molecule has 0 unspecified atom stereocenters. The molecule has 0 saturated carbocycles. The van der Waals surface area contributed by atoms with Crippen LogP contribution in [0.2, 0.25) is 0 Å². The molecule has 0 spiro atoms. The van der Waals surface area contributed by atoms with Gasteiger partial charge in [0.05, 0.1) is 12.8 Å². The van der Waals surface area contributed by atoms with E-state index < -0.39 is 15.9 Å². The lowest BCUT2D eigenvalue weighted by Gasteiger charge is -2.19. The standard InChI is InChI=1S/C14H19FN2O3S/c1-3-9-16-14(18)11-17(21(2,19)20)10-8-12-6-4-5-7-13(12)15/h3-7H,1,8-11H2,2H3,(H,16,18). The number of hydrogen-bond acceptors (Lipinski definition) is 3. The first-order valence-corrected chi connectivity index (χ1v) is 8.25. The van der Waals surface area contributed by atoms with Crippen molar-refractivity contribution in [3.8, 4) is 0 Å². The fourth-order valence-electron chi connectivity index (χ4n) is 1.71. The molecule has 1 rings (SSSR count). The molecule has 1 N–H and O–H groups in total. The maximum Gasteiger partial charge on any atom is 0.235 e. The van der Waals surface area contributed by atoms with Crippen LogP contribution in [0.25, 0.3) is 0 Å². The summed E-state index contributed by atoms with van der Waals surface area (Å²) in [6.45, 7) is 3.48. The van der Waals surface area contributed by atoms with E-state index in [4.69, 9.17) is 0 Å². The predicted molar refractivity (Wildman–Crippen MR) is 79.7 cm³/mol. The van der Waals surface area contributed by atoms with Crippen LogP contribution < -0.4 is 5.32 Å². The lowest BCUT2D eigenvalue weighted by Crippen LogP contribution is -2.41. The monoisotopic (exact) mass is 314 g/mol. The number of halogens is 1. The van der Waals surface area contributed by atoms with E-state index in [9.17, 15) is 17.6 Å². The van der Waals surface area contributed by atoms with Crippen molar-refractivity contribution in [3.05, 3.63) is 48.3 Å². The molecular formula is C14H19FN2O3S. The molecule has 0 atom stereocenters. The van der Waals surface area contributed by atoms with E-state index in [-0.39, 0.29) is 31.9 Å². The van der Waals surface area contributed by atoms with Crippen LogP contribution in [-0.2, 0) is 21.2 Å². The van der Waals surface area contributed by atoms with E-state index >= 15 is 0 Å². The molecule has 21 heavy (non-hydrogen) atoms. The van der Waals surface area contributed by atoms with E-state index in [0.717, 1.165) is 10.6 Å². The van der Waals surface area contributed by atoms with Gasteiger partial charge in [-0.1, -0.05) is 24.3 Å². The molecule has 0 aliphatic rings. The number of carbonyl (C=O) groups excluding carboxylic acids is 1. The number of benzene rings is 1. The lowest BCUT2D eigenvalue weighted by molar-refractivity contribution is -0.121. The van der Waals surface area contributed by atoms with Gasteiger partial charge in [-0.25, -0.2) is 12.8 Å². The SMILES string of the molecule is C=CCNC(=O)CN(CCc1ccccc1F)S(C)(=O)=O. The summed E-state index contributed by atoms with van der Waals surface area (Å²) in [5.74, 6) is -0.809. The second kappa shape index (κ2) is 7.90. The second-order valence-electron chi connectivity index (χ2n) is 4.53. The van der Waals surface area contributed by atoms with Crippen molar-refractivity contribution in [2.45, 2.75) is 6.42 Å². The quantitative estimate of drug-likeness (QED) is 0.726. The van der Waals surface area contributed by atoms with Crippen molar-refractivity contribution >= 4 is 15.9 Å². The molecule has 0 bridgehead atoms. The Hall–Kier alpha value is -1.73. The average Bonchev–Trinajstić information content (AvgIpc) is 2.41. The number of rotatable bonds is 8. The van der Waals surface area contributed by atoms with Crippen LogP contribution in [0.5, 0.6) is 0 Å². The molecule has 1 aromatic carbocycles. The second-order valence-corrected chi connectivity index (χ2v) is 6.51. The van der Waals surface area contributed by atoms with Crippen molar-refractivity contribution < 1.29 is 17.6 Å². The van der Waals surface area contributed by atoms with Crippen molar-refractivity contribution in [2.24, 2.45) is 0 Å². The Morgan fingerprint density at radius 1 is 1.43 bits per heavy atom. The Morgan fingerprint density at radius 2 is 2.10 bits per heavy atom. The molecule has 0 aliphatic carbocycles. The van der Waals surface area contributed by atoms with Crippen LogP contribution in [0.3, 0.4) is 0 Å². The largest absolute Gasteiger partial charge is 0.351 e. The molecule has 1 aromatic rings. The number of carbonyl (C=O) groups is 1. The number of hydrogen-bond donors (Lipinski definition) is 1. The zero-order valence-electron chi connectivity index (χ0n) is 11.9. The van der Waals surface area contributed by atoms with E-state index in [1.54, 1.807) is 18.2 Å². The molecule has 0 fully saturated rings. The van der Waals surface area contributed by atoms with Gasteiger partial charge in [-0.05, 0) is 18.1 Å². The molecular weight excluding hydrogens is 295 g/mol. The van der Waals surface area contributed by atoms with Gasteiger partial charge in [0.2, 0.25) is 15.9 Å². The summed E-state index contributed by atoms with van der Waals surface area (Å²) in [6, 6.07) is 6.15. The molecule has 0 aliphatic heterocycles.